The summed E-state index contributed by atoms with van der Waals surface area (Å²) in [6, 6.07) is 7.77. The van der Waals surface area contributed by atoms with Crippen molar-refractivity contribution < 1.29 is 8.78 Å². The molecule has 2 N–H and O–H groups in total. The number of nitrogens with two attached hydrogens (primary N) is 1. The topological polar surface area (TPSA) is 51.8 Å². The van der Waals surface area contributed by atoms with Crippen LogP contribution in [0.5, 0.6) is 0 Å². The van der Waals surface area contributed by atoms with E-state index in [1.165, 1.54) is 18.3 Å². The SMILES string of the molecule is Nc1nc2c(-c3c(Cl)cc4cccnc4c3F)ccc(F)c2s1. The molecule has 2 heterocycles. The average Bonchev–Trinajstić information content (AvgIpc) is 2.92. The molecule has 4 aromatic rings. The first-order valence-electron chi connectivity index (χ1n) is 6.64. The van der Waals surface area contributed by atoms with Crippen LogP contribution in [0.1, 0.15) is 0 Å². The van der Waals surface area contributed by atoms with Crippen LogP contribution in [0.4, 0.5) is 13.9 Å². The first-order valence-corrected chi connectivity index (χ1v) is 7.83. The van der Waals surface area contributed by atoms with E-state index in [0.29, 0.717) is 16.5 Å². The third-order valence-electron chi connectivity index (χ3n) is 3.57. The van der Waals surface area contributed by atoms with Crippen LogP contribution in [-0.4, -0.2) is 9.97 Å². The molecule has 0 amide bonds. The van der Waals surface area contributed by atoms with Crippen LogP contribution in [0.3, 0.4) is 0 Å². The minimum Gasteiger partial charge on any atom is -0.375 e. The molecule has 0 bridgehead atoms. The number of benzene rings is 2. The molecule has 2 aromatic heterocycles. The number of nitrogens with zero attached hydrogens (tertiary/aromatic N) is 2. The zero-order valence-electron chi connectivity index (χ0n) is 11.5. The number of rotatable bonds is 1. The fourth-order valence-electron chi connectivity index (χ4n) is 2.59. The molecule has 0 unspecified atom stereocenters. The highest BCUT2D eigenvalue weighted by Crippen LogP contribution is 2.40. The predicted octanol–water partition coefficient (Wildman–Crippen LogP) is 5.03. The Kier molecular flexibility index (Phi) is 3.18. The van der Waals surface area contributed by atoms with E-state index in [1.807, 2.05) is 0 Å². The Bertz CT molecular complexity index is 1080. The maximum Gasteiger partial charge on any atom is 0.181 e. The Morgan fingerprint density at radius 3 is 2.78 bits per heavy atom. The van der Waals surface area contributed by atoms with E-state index < -0.39 is 11.6 Å². The zero-order valence-corrected chi connectivity index (χ0v) is 13.1. The van der Waals surface area contributed by atoms with Crippen molar-refractivity contribution in [3.63, 3.8) is 0 Å². The normalized spacial score (nSPS) is 11.4. The van der Waals surface area contributed by atoms with Crippen molar-refractivity contribution in [3.8, 4) is 11.1 Å². The van der Waals surface area contributed by atoms with Crippen molar-refractivity contribution >= 4 is 49.2 Å². The number of nitrogen functional groups attached to an aromatic ring is 1. The van der Waals surface area contributed by atoms with E-state index >= 15 is 0 Å². The van der Waals surface area contributed by atoms with Gasteiger partial charge in [-0.25, -0.2) is 13.8 Å². The van der Waals surface area contributed by atoms with Gasteiger partial charge < -0.3 is 5.73 Å². The Morgan fingerprint density at radius 1 is 1.13 bits per heavy atom. The molecule has 0 aliphatic carbocycles. The Hall–Kier alpha value is -2.31. The first kappa shape index (κ1) is 14.3. The standard InChI is InChI=1S/C16H8ClF2N3S/c17-9-6-7-2-1-5-21-13(7)12(19)11(9)8-3-4-10(18)15-14(8)22-16(20)23-15/h1-6H,(H2,20,22). The molecular formula is C16H8ClF2N3S. The van der Waals surface area contributed by atoms with Crippen molar-refractivity contribution in [1.29, 1.82) is 0 Å². The molecule has 3 nitrogen and oxygen atoms in total. The van der Waals surface area contributed by atoms with Gasteiger partial charge in [0.25, 0.3) is 0 Å². The van der Waals surface area contributed by atoms with Gasteiger partial charge in [0, 0.05) is 22.7 Å². The average molecular weight is 348 g/mol. The van der Waals surface area contributed by atoms with E-state index in [0.717, 1.165) is 11.3 Å². The maximum atomic E-state index is 15.0. The summed E-state index contributed by atoms with van der Waals surface area (Å²) >= 11 is 7.29. The summed E-state index contributed by atoms with van der Waals surface area (Å²) in [7, 11) is 0. The van der Waals surface area contributed by atoms with Gasteiger partial charge in [-0.1, -0.05) is 29.0 Å². The second-order valence-electron chi connectivity index (χ2n) is 4.95. The lowest BCUT2D eigenvalue weighted by molar-refractivity contribution is 0.638. The second kappa shape index (κ2) is 5.11. The highest BCUT2D eigenvalue weighted by molar-refractivity contribution is 7.22. The van der Waals surface area contributed by atoms with Crippen molar-refractivity contribution in [2.75, 3.05) is 5.73 Å². The van der Waals surface area contributed by atoms with Crippen molar-refractivity contribution in [3.05, 3.63) is 53.2 Å². The smallest absolute Gasteiger partial charge is 0.181 e. The van der Waals surface area contributed by atoms with Gasteiger partial charge in [0.05, 0.1) is 15.2 Å². The first-order chi connectivity index (χ1) is 11.1. The molecule has 7 heteroatoms. The largest absolute Gasteiger partial charge is 0.375 e. The Labute approximate surface area is 138 Å². The third kappa shape index (κ3) is 2.14. The molecule has 4 rings (SSSR count). The fraction of sp³-hybridized carbons (Fsp3) is 0. The highest BCUT2D eigenvalue weighted by Gasteiger charge is 2.20. The van der Waals surface area contributed by atoms with E-state index in [2.05, 4.69) is 9.97 Å². The predicted molar refractivity (Wildman–Crippen MR) is 89.7 cm³/mol. The molecule has 0 fully saturated rings. The van der Waals surface area contributed by atoms with Crippen LogP contribution >= 0.6 is 22.9 Å². The summed E-state index contributed by atoms with van der Waals surface area (Å²) in [5.41, 5.74) is 6.71. The van der Waals surface area contributed by atoms with Gasteiger partial charge in [0.1, 0.15) is 11.3 Å². The molecule has 114 valence electrons. The van der Waals surface area contributed by atoms with Gasteiger partial charge in [0.15, 0.2) is 10.9 Å². The van der Waals surface area contributed by atoms with Crippen LogP contribution in [-0.2, 0) is 0 Å². The summed E-state index contributed by atoms with van der Waals surface area (Å²) in [6.07, 6.45) is 1.50. The molecule has 0 saturated heterocycles. The molecule has 0 radical (unpaired) electrons. The lowest BCUT2D eigenvalue weighted by Gasteiger charge is -2.10. The number of hydrogen-bond acceptors (Lipinski definition) is 4. The van der Waals surface area contributed by atoms with E-state index in [-0.39, 0.29) is 25.9 Å². The number of anilines is 1. The van der Waals surface area contributed by atoms with E-state index in [4.69, 9.17) is 17.3 Å². The Morgan fingerprint density at radius 2 is 1.96 bits per heavy atom. The van der Waals surface area contributed by atoms with Crippen molar-refractivity contribution in [1.82, 2.24) is 9.97 Å². The monoisotopic (exact) mass is 347 g/mol. The van der Waals surface area contributed by atoms with Gasteiger partial charge >= 0.3 is 0 Å². The second-order valence-corrected chi connectivity index (χ2v) is 6.39. The summed E-state index contributed by atoms with van der Waals surface area (Å²) in [5, 5.41) is 1.01. The Balaban J connectivity index is 2.13. The van der Waals surface area contributed by atoms with E-state index in [1.54, 1.807) is 18.2 Å². The van der Waals surface area contributed by atoms with E-state index in [9.17, 15) is 8.78 Å². The maximum absolute atomic E-state index is 15.0. The summed E-state index contributed by atoms with van der Waals surface area (Å²) in [6.45, 7) is 0. The van der Waals surface area contributed by atoms with Crippen LogP contribution in [0.2, 0.25) is 5.02 Å². The van der Waals surface area contributed by atoms with Crippen LogP contribution in [0.15, 0.2) is 36.5 Å². The van der Waals surface area contributed by atoms with Crippen LogP contribution in [0.25, 0.3) is 32.2 Å². The number of pyridine rings is 1. The lowest BCUT2D eigenvalue weighted by atomic mass is 10.0. The summed E-state index contributed by atoms with van der Waals surface area (Å²) < 4.78 is 29.2. The number of hydrogen-bond donors (Lipinski definition) is 1. The highest BCUT2D eigenvalue weighted by atomic mass is 35.5. The van der Waals surface area contributed by atoms with Gasteiger partial charge in [-0.3, -0.25) is 4.98 Å². The zero-order chi connectivity index (χ0) is 16.1. The quantitative estimate of drug-likeness (QED) is 0.525. The molecule has 23 heavy (non-hydrogen) atoms. The molecule has 2 aromatic carbocycles. The number of thiazole rings is 1. The molecule has 0 atom stereocenters. The molecule has 0 aliphatic rings. The van der Waals surface area contributed by atoms with Gasteiger partial charge in [-0.05, 0) is 24.3 Å². The minimum absolute atomic E-state index is 0.146. The molecular weight excluding hydrogens is 340 g/mol. The summed E-state index contributed by atoms with van der Waals surface area (Å²) in [4.78, 5) is 8.18. The summed E-state index contributed by atoms with van der Waals surface area (Å²) in [5.74, 6) is -1.01. The lowest BCUT2D eigenvalue weighted by Crippen LogP contribution is -1.93. The van der Waals surface area contributed by atoms with Crippen LogP contribution in [0, 0.1) is 11.6 Å². The minimum atomic E-state index is -0.562. The number of halogens is 3. The number of aromatic nitrogens is 2. The molecule has 0 aliphatic heterocycles. The number of fused-ring (bicyclic) bond motifs is 2. The van der Waals surface area contributed by atoms with Crippen molar-refractivity contribution in [2.45, 2.75) is 0 Å². The molecule has 0 saturated carbocycles. The van der Waals surface area contributed by atoms with Gasteiger partial charge in [-0.2, -0.15) is 0 Å². The third-order valence-corrected chi connectivity index (χ3v) is 4.76. The van der Waals surface area contributed by atoms with Gasteiger partial charge in [-0.15, -0.1) is 0 Å². The van der Waals surface area contributed by atoms with Crippen molar-refractivity contribution in [2.24, 2.45) is 0 Å². The van der Waals surface area contributed by atoms with Crippen LogP contribution < -0.4 is 5.73 Å². The fourth-order valence-corrected chi connectivity index (χ4v) is 3.66. The molecule has 0 spiro atoms. The van der Waals surface area contributed by atoms with Gasteiger partial charge in [0.2, 0.25) is 0 Å².